The van der Waals surface area contributed by atoms with E-state index in [4.69, 9.17) is 14.2 Å². The molecule has 0 radical (unpaired) electrons. The maximum atomic E-state index is 13.3. The van der Waals surface area contributed by atoms with Crippen molar-refractivity contribution in [2.75, 3.05) is 6.54 Å². The molecule has 1 aliphatic rings. The van der Waals surface area contributed by atoms with Crippen LogP contribution in [0.15, 0.2) is 109 Å². The van der Waals surface area contributed by atoms with Crippen LogP contribution in [0.2, 0.25) is 0 Å². The zero-order valence-electron chi connectivity index (χ0n) is 24.8. The van der Waals surface area contributed by atoms with Crippen LogP contribution in [0.25, 0.3) is 0 Å². The third-order valence-electron chi connectivity index (χ3n) is 7.53. The second-order valence-corrected chi connectivity index (χ2v) is 10.8. The Morgan fingerprint density at radius 3 is 1.87 bits per heavy atom. The minimum Gasteiger partial charge on any atom is -0.485 e. The van der Waals surface area contributed by atoms with E-state index in [1.54, 1.807) is 18.2 Å². The molecule has 2 N–H and O–H groups in total. The van der Waals surface area contributed by atoms with Gasteiger partial charge < -0.3 is 24.6 Å². The lowest BCUT2D eigenvalue weighted by Gasteiger charge is -2.25. The summed E-state index contributed by atoms with van der Waals surface area (Å²) in [6.45, 7) is 1.07. The number of hydrogen-bond donors (Lipinski definition) is 2. The number of carboxylic acids is 1. The van der Waals surface area contributed by atoms with Crippen molar-refractivity contribution in [3.8, 4) is 11.5 Å². The smallest absolute Gasteiger partial charge is 0.410 e. The number of amides is 2. The van der Waals surface area contributed by atoms with Gasteiger partial charge in [-0.2, -0.15) is 0 Å². The van der Waals surface area contributed by atoms with Crippen molar-refractivity contribution in [2.45, 2.75) is 51.2 Å². The van der Waals surface area contributed by atoms with E-state index in [9.17, 15) is 19.5 Å². The van der Waals surface area contributed by atoms with E-state index in [-0.39, 0.29) is 13.0 Å². The van der Waals surface area contributed by atoms with Crippen LogP contribution in [-0.2, 0) is 40.6 Å². The van der Waals surface area contributed by atoms with Crippen LogP contribution < -0.4 is 14.8 Å². The Kier molecular flexibility index (Phi) is 10.7. The molecule has 9 heteroatoms. The van der Waals surface area contributed by atoms with Gasteiger partial charge in [0, 0.05) is 13.0 Å². The summed E-state index contributed by atoms with van der Waals surface area (Å²) in [6.07, 6.45) is 0.439. The molecule has 0 aliphatic carbocycles. The Balaban J connectivity index is 1.25. The van der Waals surface area contributed by atoms with E-state index in [0.29, 0.717) is 49.7 Å². The molecule has 1 heterocycles. The normalized spacial score (nSPS) is 14.8. The molecule has 2 atom stereocenters. The molecule has 0 bridgehead atoms. The Bertz CT molecular complexity index is 1560. The lowest BCUT2D eigenvalue weighted by atomic mass is 10.0. The third kappa shape index (κ3) is 8.86. The number of likely N-dealkylation sites (tertiary alicyclic amines) is 1. The van der Waals surface area contributed by atoms with Crippen LogP contribution in [0.3, 0.4) is 0 Å². The predicted molar refractivity (Wildman–Crippen MR) is 168 cm³/mol. The van der Waals surface area contributed by atoms with Gasteiger partial charge in [-0.15, -0.1) is 0 Å². The zero-order chi connectivity index (χ0) is 31.4. The van der Waals surface area contributed by atoms with Crippen molar-refractivity contribution in [3.63, 3.8) is 0 Å². The predicted octanol–water partition coefficient (Wildman–Crippen LogP) is 5.76. The maximum absolute atomic E-state index is 13.3. The number of hydrogen-bond acceptors (Lipinski definition) is 6. The molecule has 0 unspecified atom stereocenters. The van der Waals surface area contributed by atoms with Crippen molar-refractivity contribution in [2.24, 2.45) is 0 Å². The number of carboxylic acid groups (broad SMARTS) is 1. The zero-order valence-corrected chi connectivity index (χ0v) is 24.8. The fraction of sp³-hybridized carbons (Fsp3) is 0.250. The van der Waals surface area contributed by atoms with Crippen LogP contribution in [0.5, 0.6) is 11.5 Å². The van der Waals surface area contributed by atoms with E-state index in [1.807, 2.05) is 91.0 Å². The lowest BCUT2D eigenvalue weighted by Crippen LogP contribution is -2.51. The average molecular weight is 609 g/mol. The standard InChI is InChI=1S/C36H36N2O7/c39-34(31-17-10-20-38(31)36(42)45-25-28-15-8-3-9-16-28)37-30(35(40)41)21-29-18-19-32(43-23-26-11-4-1-5-12-26)33(22-29)44-24-27-13-6-2-7-14-27/h1-9,11-16,18-19,22,30-31H,10,17,20-21,23-25H2,(H,37,39)(H,40,41)/t30-,31+/m0/s1. The van der Waals surface area contributed by atoms with Gasteiger partial charge in [0.05, 0.1) is 0 Å². The first-order valence-corrected chi connectivity index (χ1v) is 14.9. The second kappa shape index (κ2) is 15.4. The SMILES string of the molecule is O=C(O)[C@H](Cc1ccc(OCc2ccccc2)c(OCc2ccccc2)c1)NC(=O)[C@H]1CCCN1C(=O)OCc1ccccc1. The first-order valence-electron chi connectivity index (χ1n) is 14.9. The molecule has 5 rings (SSSR count). The first kappa shape index (κ1) is 31.1. The van der Waals surface area contributed by atoms with Crippen molar-refractivity contribution in [3.05, 3.63) is 131 Å². The fourth-order valence-electron chi connectivity index (χ4n) is 5.15. The number of nitrogens with one attached hydrogen (secondary N) is 1. The van der Waals surface area contributed by atoms with Gasteiger partial charge in [0.15, 0.2) is 11.5 Å². The van der Waals surface area contributed by atoms with Gasteiger partial charge in [0.1, 0.15) is 31.9 Å². The lowest BCUT2D eigenvalue weighted by molar-refractivity contribution is -0.142. The molecule has 4 aromatic rings. The molecule has 0 saturated carbocycles. The molecule has 1 aliphatic heterocycles. The number of benzene rings is 4. The van der Waals surface area contributed by atoms with Crippen molar-refractivity contribution in [1.29, 1.82) is 0 Å². The van der Waals surface area contributed by atoms with E-state index in [2.05, 4.69) is 5.32 Å². The molecule has 9 nitrogen and oxygen atoms in total. The molecular weight excluding hydrogens is 572 g/mol. The summed E-state index contributed by atoms with van der Waals surface area (Å²) in [4.78, 5) is 39.7. The number of ether oxygens (including phenoxy) is 3. The van der Waals surface area contributed by atoms with Crippen LogP contribution in [0.1, 0.15) is 35.1 Å². The molecule has 45 heavy (non-hydrogen) atoms. The van der Waals surface area contributed by atoms with E-state index >= 15 is 0 Å². The van der Waals surface area contributed by atoms with Gasteiger partial charge in [-0.05, 0) is 47.2 Å². The molecule has 2 amide bonds. The molecule has 1 fully saturated rings. The highest BCUT2D eigenvalue weighted by Gasteiger charge is 2.37. The Morgan fingerprint density at radius 1 is 0.733 bits per heavy atom. The quantitative estimate of drug-likeness (QED) is 0.198. The highest BCUT2D eigenvalue weighted by molar-refractivity contribution is 5.89. The minimum absolute atomic E-state index is 0.00685. The van der Waals surface area contributed by atoms with Crippen LogP contribution in [-0.4, -0.2) is 46.6 Å². The molecule has 0 aromatic heterocycles. The second-order valence-electron chi connectivity index (χ2n) is 10.8. The van der Waals surface area contributed by atoms with Crippen molar-refractivity contribution in [1.82, 2.24) is 10.2 Å². The number of nitrogens with zero attached hydrogens (tertiary/aromatic N) is 1. The summed E-state index contributed by atoms with van der Waals surface area (Å²) < 4.78 is 17.6. The summed E-state index contributed by atoms with van der Waals surface area (Å²) >= 11 is 0. The molecule has 0 spiro atoms. The van der Waals surface area contributed by atoms with Gasteiger partial charge >= 0.3 is 12.1 Å². The summed E-state index contributed by atoms with van der Waals surface area (Å²) in [5, 5.41) is 12.7. The van der Waals surface area contributed by atoms with E-state index < -0.39 is 30.1 Å². The van der Waals surface area contributed by atoms with Crippen LogP contribution in [0, 0.1) is 0 Å². The summed E-state index contributed by atoms with van der Waals surface area (Å²) in [5.41, 5.74) is 3.44. The van der Waals surface area contributed by atoms with Crippen LogP contribution >= 0.6 is 0 Å². The number of carbonyl (C=O) groups excluding carboxylic acids is 2. The first-order chi connectivity index (χ1) is 22.0. The average Bonchev–Trinajstić information content (AvgIpc) is 3.57. The molecule has 1 saturated heterocycles. The van der Waals surface area contributed by atoms with E-state index in [1.165, 1.54) is 4.90 Å². The third-order valence-corrected chi connectivity index (χ3v) is 7.53. The number of aliphatic carboxylic acids is 1. The monoisotopic (exact) mass is 608 g/mol. The highest BCUT2D eigenvalue weighted by Crippen LogP contribution is 2.31. The van der Waals surface area contributed by atoms with Gasteiger partial charge in [-0.1, -0.05) is 97.1 Å². The van der Waals surface area contributed by atoms with Gasteiger partial charge in [-0.25, -0.2) is 9.59 Å². The molecule has 4 aromatic carbocycles. The maximum Gasteiger partial charge on any atom is 0.410 e. The van der Waals surface area contributed by atoms with Gasteiger partial charge in [-0.3, -0.25) is 9.69 Å². The summed E-state index contributed by atoms with van der Waals surface area (Å²) in [5.74, 6) is -0.730. The highest BCUT2D eigenvalue weighted by atomic mass is 16.6. The summed E-state index contributed by atoms with van der Waals surface area (Å²) in [7, 11) is 0. The Morgan fingerprint density at radius 2 is 1.29 bits per heavy atom. The van der Waals surface area contributed by atoms with Crippen molar-refractivity contribution < 1.29 is 33.7 Å². The largest absolute Gasteiger partial charge is 0.485 e. The number of rotatable bonds is 13. The summed E-state index contributed by atoms with van der Waals surface area (Å²) in [6, 6.07) is 31.9. The molecule has 232 valence electrons. The fourth-order valence-corrected chi connectivity index (χ4v) is 5.15. The Hall–Kier alpha value is -5.31. The van der Waals surface area contributed by atoms with Gasteiger partial charge in [0.2, 0.25) is 5.91 Å². The van der Waals surface area contributed by atoms with E-state index in [0.717, 1.165) is 16.7 Å². The van der Waals surface area contributed by atoms with Crippen molar-refractivity contribution >= 4 is 18.0 Å². The molecular formula is C36H36N2O7. The van der Waals surface area contributed by atoms with Gasteiger partial charge in [0.25, 0.3) is 0 Å². The number of carbonyl (C=O) groups is 3. The van der Waals surface area contributed by atoms with Crippen LogP contribution in [0.4, 0.5) is 4.79 Å². The topological polar surface area (TPSA) is 114 Å². The minimum atomic E-state index is -1.22. The Labute approximate surface area is 262 Å².